The Bertz CT molecular complexity index is 898. The van der Waals surface area contributed by atoms with Crippen LogP contribution < -0.4 is 0 Å². The van der Waals surface area contributed by atoms with Gasteiger partial charge in [0.05, 0.1) is 11.6 Å². The van der Waals surface area contributed by atoms with Gasteiger partial charge in [-0.15, -0.1) is 0 Å². The van der Waals surface area contributed by atoms with E-state index in [1.165, 1.54) is 4.90 Å². The second-order valence-electron chi connectivity index (χ2n) is 5.85. The van der Waals surface area contributed by atoms with Gasteiger partial charge in [-0.05, 0) is 17.7 Å². The van der Waals surface area contributed by atoms with Crippen LogP contribution in [0.2, 0.25) is 10.0 Å². The van der Waals surface area contributed by atoms with Crippen LogP contribution in [0.4, 0.5) is 0 Å². The zero-order valence-corrected chi connectivity index (χ0v) is 14.4. The van der Waals surface area contributed by atoms with Gasteiger partial charge in [0, 0.05) is 10.6 Å². The molecule has 126 valence electrons. The van der Waals surface area contributed by atoms with Crippen LogP contribution in [-0.4, -0.2) is 28.5 Å². The molecular formula is C18H12Cl2N2O3. The van der Waals surface area contributed by atoms with E-state index >= 15 is 0 Å². The number of amides is 2. The summed E-state index contributed by atoms with van der Waals surface area (Å²) in [7, 11) is 0. The van der Waals surface area contributed by atoms with Gasteiger partial charge in [0.25, 0.3) is 5.91 Å². The predicted octanol–water partition coefficient (Wildman–Crippen LogP) is 3.28. The van der Waals surface area contributed by atoms with E-state index in [1.54, 1.807) is 18.2 Å². The Morgan fingerprint density at radius 2 is 1.80 bits per heavy atom. The number of fused-ring (bicyclic) bond motifs is 1. The molecule has 1 fully saturated rings. The molecule has 2 aromatic rings. The average Bonchev–Trinajstić information content (AvgIpc) is 3.12. The Morgan fingerprint density at radius 1 is 1.04 bits per heavy atom. The zero-order chi connectivity index (χ0) is 17.6. The van der Waals surface area contributed by atoms with Gasteiger partial charge in [0.15, 0.2) is 0 Å². The fourth-order valence-electron chi connectivity index (χ4n) is 3.07. The number of oxime groups is 1. The first-order chi connectivity index (χ1) is 12.1. The molecule has 0 aliphatic carbocycles. The molecule has 5 nitrogen and oxygen atoms in total. The highest BCUT2D eigenvalue weighted by molar-refractivity contribution is 6.38. The number of rotatable bonds is 3. The van der Waals surface area contributed by atoms with Crippen molar-refractivity contribution in [2.75, 3.05) is 0 Å². The van der Waals surface area contributed by atoms with Gasteiger partial charge in [0.1, 0.15) is 11.6 Å². The van der Waals surface area contributed by atoms with Crippen LogP contribution in [0.25, 0.3) is 0 Å². The molecule has 2 amide bonds. The van der Waals surface area contributed by atoms with Crippen molar-refractivity contribution >= 4 is 40.7 Å². The van der Waals surface area contributed by atoms with E-state index in [4.69, 9.17) is 28.0 Å². The molecule has 0 saturated carbocycles. The standard InChI is InChI=1S/C18H12Cl2N2O3/c19-11-6-7-12(13(20)8-11)15-14-16(25-21-15)18(24)22(17(14)23)9-10-4-2-1-3-5-10/h1-8,14,16H,9H2. The molecule has 0 radical (unpaired) electrons. The summed E-state index contributed by atoms with van der Waals surface area (Å²) in [5, 5.41) is 4.78. The third-order valence-electron chi connectivity index (χ3n) is 4.29. The number of carbonyl (C=O) groups excluding carboxylic acids is 2. The van der Waals surface area contributed by atoms with Crippen molar-refractivity contribution in [2.45, 2.75) is 12.6 Å². The fourth-order valence-corrected chi connectivity index (χ4v) is 3.58. The molecule has 0 spiro atoms. The fraction of sp³-hybridized carbons (Fsp3) is 0.167. The maximum atomic E-state index is 12.8. The molecule has 2 aliphatic heterocycles. The molecule has 2 heterocycles. The summed E-state index contributed by atoms with van der Waals surface area (Å²) in [4.78, 5) is 31.9. The summed E-state index contributed by atoms with van der Waals surface area (Å²) in [6.45, 7) is 0.205. The summed E-state index contributed by atoms with van der Waals surface area (Å²) in [5.74, 6) is -1.50. The van der Waals surface area contributed by atoms with Gasteiger partial charge in [-0.3, -0.25) is 14.5 Å². The summed E-state index contributed by atoms with van der Waals surface area (Å²) < 4.78 is 0. The zero-order valence-electron chi connectivity index (χ0n) is 12.9. The molecule has 0 aromatic heterocycles. The van der Waals surface area contributed by atoms with Crippen molar-refractivity contribution in [3.05, 3.63) is 69.7 Å². The molecule has 2 atom stereocenters. The van der Waals surface area contributed by atoms with Crippen molar-refractivity contribution in [1.82, 2.24) is 4.90 Å². The van der Waals surface area contributed by atoms with E-state index in [9.17, 15) is 9.59 Å². The van der Waals surface area contributed by atoms with Gasteiger partial charge >= 0.3 is 0 Å². The van der Waals surface area contributed by atoms with E-state index in [2.05, 4.69) is 5.16 Å². The van der Waals surface area contributed by atoms with Crippen LogP contribution in [0.5, 0.6) is 0 Å². The average molecular weight is 375 g/mol. The Balaban J connectivity index is 1.64. The monoisotopic (exact) mass is 374 g/mol. The van der Waals surface area contributed by atoms with Gasteiger partial charge in [-0.1, -0.05) is 64.8 Å². The Hall–Kier alpha value is -2.37. The highest BCUT2D eigenvalue weighted by Crippen LogP contribution is 2.35. The lowest BCUT2D eigenvalue weighted by Crippen LogP contribution is -2.32. The second kappa shape index (κ2) is 6.17. The van der Waals surface area contributed by atoms with E-state index in [-0.39, 0.29) is 18.4 Å². The number of hydrogen-bond donors (Lipinski definition) is 0. The minimum atomic E-state index is -0.932. The lowest BCUT2D eigenvalue weighted by atomic mass is 9.94. The van der Waals surface area contributed by atoms with E-state index in [1.807, 2.05) is 30.3 Å². The first-order valence-electron chi connectivity index (χ1n) is 7.64. The third-order valence-corrected chi connectivity index (χ3v) is 4.84. The molecule has 0 N–H and O–H groups in total. The summed E-state index contributed by atoms with van der Waals surface area (Å²) in [6, 6.07) is 14.2. The largest absolute Gasteiger partial charge is 0.381 e. The Kier molecular flexibility index (Phi) is 3.98. The minimum Gasteiger partial charge on any atom is -0.381 e. The normalized spacial score (nSPS) is 22.0. The highest BCUT2D eigenvalue weighted by Gasteiger charge is 2.55. The summed E-state index contributed by atoms with van der Waals surface area (Å²) in [5.41, 5.74) is 1.77. The van der Waals surface area contributed by atoms with Crippen LogP contribution in [0.15, 0.2) is 53.7 Å². The molecule has 2 unspecified atom stereocenters. The highest BCUT2D eigenvalue weighted by atomic mass is 35.5. The number of benzene rings is 2. The molecule has 7 heteroatoms. The quantitative estimate of drug-likeness (QED) is 0.774. The number of halogens is 2. The molecule has 2 aromatic carbocycles. The lowest BCUT2D eigenvalue weighted by Gasteiger charge is -2.15. The maximum Gasteiger partial charge on any atom is 0.274 e. The van der Waals surface area contributed by atoms with Crippen molar-refractivity contribution < 1.29 is 14.4 Å². The number of hydrogen-bond acceptors (Lipinski definition) is 4. The molecule has 0 bridgehead atoms. The van der Waals surface area contributed by atoms with Gasteiger partial charge < -0.3 is 4.84 Å². The smallest absolute Gasteiger partial charge is 0.274 e. The van der Waals surface area contributed by atoms with Gasteiger partial charge in [-0.2, -0.15) is 0 Å². The Morgan fingerprint density at radius 3 is 2.52 bits per heavy atom. The molecule has 25 heavy (non-hydrogen) atoms. The summed E-state index contributed by atoms with van der Waals surface area (Å²) >= 11 is 12.1. The van der Waals surface area contributed by atoms with Crippen molar-refractivity contribution in [1.29, 1.82) is 0 Å². The van der Waals surface area contributed by atoms with Crippen molar-refractivity contribution in [3.8, 4) is 0 Å². The first-order valence-corrected chi connectivity index (χ1v) is 8.40. The molecule has 1 saturated heterocycles. The summed E-state index contributed by atoms with van der Waals surface area (Å²) in [6.07, 6.45) is -0.932. The van der Waals surface area contributed by atoms with Crippen LogP contribution in [0.3, 0.4) is 0 Å². The molecule has 4 rings (SSSR count). The molecular weight excluding hydrogens is 363 g/mol. The van der Waals surface area contributed by atoms with Crippen LogP contribution in [-0.2, 0) is 21.0 Å². The molecule has 2 aliphatic rings. The third kappa shape index (κ3) is 2.69. The number of likely N-dealkylation sites (tertiary alicyclic amines) is 1. The topological polar surface area (TPSA) is 59.0 Å². The van der Waals surface area contributed by atoms with Gasteiger partial charge in [-0.25, -0.2) is 0 Å². The number of nitrogens with zero attached hydrogens (tertiary/aromatic N) is 2. The van der Waals surface area contributed by atoms with Crippen LogP contribution in [0.1, 0.15) is 11.1 Å². The number of imide groups is 1. The van der Waals surface area contributed by atoms with Crippen LogP contribution >= 0.6 is 23.2 Å². The maximum absolute atomic E-state index is 12.8. The number of carbonyl (C=O) groups is 2. The van der Waals surface area contributed by atoms with Crippen LogP contribution in [0, 0.1) is 5.92 Å². The van der Waals surface area contributed by atoms with Gasteiger partial charge in [0.2, 0.25) is 12.0 Å². The van der Waals surface area contributed by atoms with E-state index < -0.39 is 12.0 Å². The minimum absolute atomic E-state index is 0.205. The first kappa shape index (κ1) is 16.1. The lowest BCUT2D eigenvalue weighted by molar-refractivity contribution is -0.142. The Labute approximate surface area is 153 Å². The van der Waals surface area contributed by atoms with Crippen molar-refractivity contribution in [2.24, 2.45) is 11.1 Å². The van der Waals surface area contributed by atoms with E-state index in [0.717, 1.165) is 5.56 Å². The second-order valence-corrected chi connectivity index (χ2v) is 6.70. The van der Waals surface area contributed by atoms with E-state index in [0.29, 0.717) is 21.3 Å². The van der Waals surface area contributed by atoms with Crippen molar-refractivity contribution in [3.63, 3.8) is 0 Å². The SMILES string of the molecule is O=C1C2ON=C(c3ccc(Cl)cc3Cl)C2C(=O)N1Cc1ccccc1. The predicted molar refractivity (Wildman–Crippen MR) is 93.4 cm³/mol.